The van der Waals surface area contributed by atoms with E-state index < -0.39 is 0 Å². The lowest BCUT2D eigenvalue weighted by Gasteiger charge is -2.14. The Morgan fingerprint density at radius 3 is 1.76 bits per heavy atom. The first-order valence-electron chi connectivity index (χ1n) is 9.16. The van der Waals surface area contributed by atoms with Gasteiger partial charge in [0.15, 0.2) is 0 Å². The fourth-order valence-corrected chi connectivity index (χ4v) is 2.51. The highest BCUT2D eigenvalue weighted by Gasteiger charge is 2.16. The first-order chi connectivity index (χ1) is 10.1. The lowest BCUT2D eigenvalue weighted by atomic mass is 9.88. The van der Waals surface area contributed by atoms with E-state index in [4.69, 9.17) is 0 Å². The molecule has 0 amide bonds. The van der Waals surface area contributed by atoms with Gasteiger partial charge in [-0.1, -0.05) is 84.3 Å². The zero-order valence-corrected chi connectivity index (χ0v) is 14.8. The highest BCUT2D eigenvalue weighted by Crippen LogP contribution is 2.21. The number of rotatable bonds is 15. The lowest BCUT2D eigenvalue weighted by Crippen LogP contribution is -2.12. The Labute approximate surface area is 133 Å². The van der Waals surface area contributed by atoms with Crippen molar-refractivity contribution < 1.29 is 4.79 Å². The zero-order valence-electron chi connectivity index (χ0n) is 14.8. The maximum absolute atomic E-state index is 10.7. The Balaban J connectivity index is 3.20. The first-order valence-corrected chi connectivity index (χ1v) is 9.16. The number of hydrogen-bond donors (Lipinski definition) is 0. The second-order valence-corrected chi connectivity index (χ2v) is 6.97. The normalized spacial score (nSPS) is 12.1. The van der Waals surface area contributed by atoms with Gasteiger partial charge in [-0.2, -0.15) is 0 Å². The second-order valence-electron chi connectivity index (χ2n) is 6.97. The molecule has 0 spiro atoms. The molecule has 0 atom stereocenters. The molecule has 0 N–H and O–H groups in total. The van der Waals surface area contributed by atoms with E-state index in [2.05, 4.69) is 25.4 Å². The van der Waals surface area contributed by atoms with E-state index >= 15 is 0 Å². The van der Waals surface area contributed by atoms with Crippen LogP contribution in [0, 0.1) is 5.41 Å². The topological polar surface area (TPSA) is 17.1 Å². The minimum Gasteiger partial charge on any atom is -0.290 e. The Kier molecular flexibility index (Phi) is 13.9. The van der Waals surface area contributed by atoms with Crippen molar-refractivity contribution in [2.75, 3.05) is 0 Å². The molecule has 0 saturated heterocycles. The van der Waals surface area contributed by atoms with Gasteiger partial charge in [-0.05, 0) is 32.1 Å². The average molecular weight is 294 g/mol. The number of carbonyl (C=O) groups excluding carboxylic acids is 1. The summed E-state index contributed by atoms with van der Waals surface area (Å²) < 4.78 is 0. The van der Waals surface area contributed by atoms with Gasteiger partial charge in [-0.3, -0.25) is 4.79 Å². The van der Waals surface area contributed by atoms with Crippen molar-refractivity contribution in [3.63, 3.8) is 0 Å². The van der Waals surface area contributed by atoms with E-state index in [0.717, 1.165) is 12.8 Å². The van der Waals surface area contributed by atoms with Crippen LogP contribution in [0.3, 0.4) is 0 Å². The van der Waals surface area contributed by atoms with Crippen molar-refractivity contribution >= 4 is 6.29 Å². The van der Waals surface area contributed by atoms with Gasteiger partial charge < -0.3 is 0 Å². The second kappa shape index (κ2) is 14.4. The third kappa shape index (κ3) is 15.6. The van der Waals surface area contributed by atoms with Crippen molar-refractivity contribution in [1.29, 1.82) is 0 Å². The molecule has 0 unspecified atom stereocenters. The van der Waals surface area contributed by atoms with Gasteiger partial charge in [0.1, 0.15) is 0 Å². The molecule has 0 rings (SSSR count). The lowest BCUT2D eigenvalue weighted by molar-refractivity contribution is 0.404. The molecule has 1 radical (unpaired) electrons. The summed E-state index contributed by atoms with van der Waals surface area (Å²) in [5.41, 5.74) is -0.239. The van der Waals surface area contributed by atoms with Gasteiger partial charge in [0.25, 0.3) is 0 Å². The van der Waals surface area contributed by atoms with E-state index in [0.29, 0.717) is 0 Å². The summed E-state index contributed by atoms with van der Waals surface area (Å²) in [6.45, 7) is 6.22. The van der Waals surface area contributed by atoms with Crippen molar-refractivity contribution in [3.05, 3.63) is 12.2 Å². The molecule has 0 bridgehead atoms. The molecule has 0 fully saturated rings. The van der Waals surface area contributed by atoms with Crippen LogP contribution in [0.2, 0.25) is 0 Å². The molecule has 123 valence electrons. The highest BCUT2D eigenvalue weighted by molar-refractivity contribution is 5.58. The van der Waals surface area contributed by atoms with Crippen molar-refractivity contribution in [2.45, 2.75) is 104 Å². The molecule has 0 aromatic carbocycles. The van der Waals surface area contributed by atoms with Gasteiger partial charge in [0, 0.05) is 5.41 Å². The molecule has 0 aliphatic rings. The van der Waals surface area contributed by atoms with Gasteiger partial charge in [0.2, 0.25) is 6.29 Å². The number of allylic oxidation sites excluding steroid dienone is 2. The molecule has 1 heteroatoms. The van der Waals surface area contributed by atoms with Crippen LogP contribution >= 0.6 is 0 Å². The van der Waals surface area contributed by atoms with Crippen LogP contribution < -0.4 is 0 Å². The highest BCUT2D eigenvalue weighted by atomic mass is 16.1. The maximum Gasteiger partial charge on any atom is 0.204 e. The van der Waals surface area contributed by atoms with E-state index in [1.54, 1.807) is 0 Å². The molecule has 0 saturated carbocycles. The number of unbranched alkanes of at least 4 members (excludes halogenated alkanes) is 10. The molecule has 0 aromatic rings. The standard InChI is InChI=1S/C20H37O/c1-4-5-6-7-8-9-10-11-12-13-14-15-16-17-18-20(2,3)19-21/h11-12H,4-10,13-18H2,1-3H3/b12-11-. The third-order valence-corrected chi connectivity index (χ3v) is 4.09. The third-order valence-electron chi connectivity index (χ3n) is 4.09. The van der Waals surface area contributed by atoms with Crippen LogP contribution in [0.1, 0.15) is 104 Å². The largest absolute Gasteiger partial charge is 0.290 e. The maximum atomic E-state index is 10.7. The van der Waals surface area contributed by atoms with E-state index in [-0.39, 0.29) is 5.41 Å². The van der Waals surface area contributed by atoms with Gasteiger partial charge in [-0.25, -0.2) is 0 Å². The summed E-state index contributed by atoms with van der Waals surface area (Å²) in [6, 6.07) is 0. The zero-order chi connectivity index (χ0) is 15.8. The van der Waals surface area contributed by atoms with Crippen molar-refractivity contribution in [1.82, 2.24) is 0 Å². The molecule has 0 aromatic heterocycles. The Bertz CT molecular complexity index is 253. The van der Waals surface area contributed by atoms with Crippen molar-refractivity contribution in [3.8, 4) is 0 Å². The van der Waals surface area contributed by atoms with Crippen LogP contribution in [0.15, 0.2) is 12.2 Å². The summed E-state index contributed by atoms with van der Waals surface area (Å²) in [5, 5.41) is 0. The SMILES string of the molecule is CCCCCCCC/C=C\CCCCCCC(C)(C)[C]=O. The van der Waals surface area contributed by atoms with Gasteiger partial charge in [-0.15, -0.1) is 0 Å². The molecule has 0 aliphatic heterocycles. The summed E-state index contributed by atoms with van der Waals surface area (Å²) >= 11 is 0. The van der Waals surface area contributed by atoms with E-state index in [1.165, 1.54) is 70.6 Å². The van der Waals surface area contributed by atoms with Crippen LogP contribution in [-0.4, -0.2) is 6.29 Å². The molecular formula is C20H37O. The van der Waals surface area contributed by atoms with Crippen LogP contribution in [-0.2, 0) is 4.79 Å². The quantitative estimate of drug-likeness (QED) is 0.240. The first kappa shape index (κ1) is 20.4. The fraction of sp³-hybridized carbons (Fsp3) is 0.850. The molecular weight excluding hydrogens is 256 g/mol. The monoisotopic (exact) mass is 293 g/mol. The average Bonchev–Trinajstić information content (AvgIpc) is 2.47. The van der Waals surface area contributed by atoms with Crippen LogP contribution in [0.25, 0.3) is 0 Å². The molecule has 1 nitrogen and oxygen atoms in total. The minimum absolute atomic E-state index is 0.239. The number of hydrogen-bond acceptors (Lipinski definition) is 1. The molecule has 0 aliphatic carbocycles. The van der Waals surface area contributed by atoms with Crippen LogP contribution in [0.4, 0.5) is 0 Å². The predicted octanol–water partition coefficient (Wildman–Crippen LogP) is 6.77. The van der Waals surface area contributed by atoms with Crippen molar-refractivity contribution in [2.24, 2.45) is 5.41 Å². The summed E-state index contributed by atoms with van der Waals surface area (Å²) in [6.07, 6.45) is 23.6. The molecule has 0 heterocycles. The summed E-state index contributed by atoms with van der Waals surface area (Å²) in [4.78, 5) is 10.7. The van der Waals surface area contributed by atoms with E-state index in [1.807, 2.05) is 13.8 Å². The smallest absolute Gasteiger partial charge is 0.204 e. The van der Waals surface area contributed by atoms with E-state index in [9.17, 15) is 4.79 Å². The Morgan fingerprint density at radius 1 is 0.762 bits per heavy atom. The fourth-order valence-electron chi connectivity index (χ4n) is 2.51. The van der Waals surface area contributed by atoms with Crippen LogP contribution in [0.5, 0.6) is 0 Å². The van der Waals surface area contributed by atoms with Gasteiger partial charge >= 0.3 is 0 Å². The minimum atomic E-state index is -0.239. The summed E-state index contributed by atoms with van der Waals surface area (Å²) in [7, 11) is 0. The van der Waals surface area contributed by atoms with Gasteiger partial charge in [0.05, 0.1) is 0 Å². The Hall–Kier alpha value is -0.590. The molecule has 21 heavy (non-hydrogen) atoms. The summed E-state index contributed by atoms with van der Waals surface area (Å²) in [5.74, 6) is 0. The Morgan fingerprint density at radius 2 is 1.24 bits per heavy atom. The predicted molar refractivity (Wildman–Crippen MR) is 94.3 cm³/mol.